The van der Waals surface area contributed by atoms with Gasteiger partial charge in [-0.1, -0.05) is 46.8 Å². The number of rotatable bonds is 7. The molecule has 0 radical (unpaired) electrons. The van der Waals surface area contributed by atoms with E-state index in [1.165, 1.54) is 5.56 Å². The summed E-state index contributed by atoms with van der Waals surface area (Å²) in [7, 11) is 0. The predicted molar refractivity (Wildman–Crippen MR) is 83.9 cm³/mol. The average molecular weight is 336 g/mol. The predicted octanol–water partition coefficient (Wildman–Crippen LogP) is 0.594. The van der Waals surface area contributed by atoms with Gasteiger partial charge in [-0.2, -0.15) is 0 Å². The molecule has 0 aliphatic rings. The molecule has 0 aliphatic heterocycles. The zero-order valence-electron chi connectivity index (χ0n) is 14.5. The number of ether oxygens (including phenoxy) is 1. The van der Waals surface area contributed by atoms with Crippen LogP contribution < -0.4 is 34.3 Å². The minimum Gasteiger partial charge on any atom is -0.750 e. The van der Waals surface area contributed by atoms with Crippen LogP contribution in [0.15, 0.2) is 24.3 Å². The molecule has 6 heteroatoms. The molecule has 120 valence electrons. The third-order valence-corrected chi connectivity index (χ3v) is 3.50. The van der Waals surface area contributed by atoms with Gasteiger partial charge in [-0.15, -0.1) is 0 Å². The second-order valence-corrected chi connectivity index (χ2v) is 7.66. The van der Waals surface area contributed by atoms with Gasteiger partial charge in [0.2, 0.25) is 0 Å². The Hall–Kier alpha value is 0.0900. The smallest absolute Gasteiger partial charge is 0.750 e. The maximum atomic E-state index is 10.2. The summed E-state index contributed by atoms with van der Waals surface area (Å²) in [5, 5.41) is 0. The first-order chi connectivity index (χ1) is 9.60. The summed E-state index contributed by atoms with van der Waals surface area (Å²) >= 11 is -2.48. The maximum absolute atomic E-state index is 10.2. The van der Waals surface area contributed by atoms with Crippen molar-refractivity contribution in [2.45, 2.75) is 46.5 Å². The van der Waals surface area contributed by atoms with E-state index in [1.807, 2.05) is 12.1 Å². The molecule has 0 bridgehead atoms. The molecule has 0 saturated heterocycles. The van der Waals surface area contributed by atoms with Crippen molar-refractivity contribution in [1.82, 2.24) is 0 Å². The van der Waals surface area contributed by atoms with Crippen LogP contribution in [0.5, 0.6) is 5.75 Å². The molecule has 0 spiro atoms. The molecule has 0 heterocycles. The first-order valence-corrected chi connectivity index (χ1v) is 8.06. The molecule has 0 aliphatic carbocycles. The summed E-state index contributed by atoms with van der Waals surface area (Å²) in [5.41, 5.74) is 1.63. The molecule has 4 nitrogen and oxygen atoms in total. The van der Waals surface area contributed by atoms with Crippen molar-refractivity contribution in [3.05, 3.63) is 29.8 Å². The van der Waals surface area contributed by atoms with E-state index in [1.54, 1.807) is 0 Å². The summed E-state index contributed by atoms with van der Waals surface area (Å²) < 4.78 is 30.2. The summed E-state index contributed by atoms with van der Waals surface area (Å²) in [4.78, 5) is 0. The Bertz CT molecular complexity index is 466. The van der Waals surface area contributed by atoms with Gasteiger partial charge in [0.05, 0.1) is 18.0 Å². The zero-order valence-corrected chi connectivity index (χ0v) is 17.3. The van der Waals surface area contributed by atoms with Crippen molar-refractivity contribution >= 4 is 11.4 Å². The first kappa shape index (κ1) is 22.1. The molecule has 1 aromatic carbocycles. The minimum atomic E-state index is -2.48. The molecule has 1 aromatic rings. The largest absolute Gasteiger partial charge is 1.00 e. The van der Waals surface area contributed by atoms with Crippen LogP contribution in [0, 0.1) is 5.41 Å². The van der Waals surface area contributed by atoms with Gasteiger partial charge in [0.25, 0.3) is 0 Å². The van der Waals surface area contributed by atoms with E-state index >= 15 is 0 Å². The molecule has 0 amide bonds. The van der Waals surface area contributed by atoms with Crippen molar-refractivity contribution in [2.24, 2.45) is 5.41 Å². The maximum Gasteiger partial charge on any atom is 1.00 e. The van der Waals surface area contributed by atoms with Gasteiger partial charge < -0.3 is 9.29 Å². The van der Waals surface area contributed by atoms with Gasteiger partial charge in [-0.3, -0.25) is 4.18 Å². The Kier molecular flexibility index (Phi) is 9.44. The summed E-state index contributed by atoms with van der Waals surface area (Å²) in [5.74, 6) is 0.714. The Labute approximate surface area is 158 Å². The van der Waals surface area contributed by atoms with Crippen molar-refractivity contribution in [2.75, 3.05) is 13.2 Å². The quantitative estimate of drug-likeness (QED) is 0.415. The van der Waals surface area contributed by atoms with Crippen molar-refractivity contribution in [1.29, 1.82) is 0 Å². The van der Waals surface area contributed by atoms with Crippen LogP contribution in [0.25, 0.3) is 0 Å². The third-order valence-electron chi connectivity index (χ3n) is 3.14. The summed E-state index contributed by atoms with van der Waals surface area (Å²) in [6.45, 7) is 11.4. The van der Waals surface area contributed by atoms with E-state index in [2.05, 4.69) is 50.9 Å². The van der Waals surface area contributed by atoms with E-state index in [-0.39, 0.29) is 53.6 Å². The van der Waals surface area contributed by atoms with Crippen LogP contribution in [-0.4, -0.2) is 22.0 Å². The van der Waals surface area contributed by atoms with Crippen molar-refractivity contribution < 1.29 is 47.2 Å². The molecule has 1 rings (SSSR count). The fraction of sp³-hybridized carbons (Fsp3) is 0.625. The molecular formula is C16H25NaO4S. The Balaban J connectivity index is 0.00000441. The second kappa shape index (κ2) is 9.40. The van der Waals surface area contributed by atoms with Gasteiger partial charge in [-0.05, 0) is 34.9 Å². The third kappa shape index (κ3) is 8.65. The van der Waals surface area contributed by atoms with E-state index in [0.29, 0.717) is 5.75 Å². The Morgan fingerprint density at radius 1 is 1.05 bits per heavy atom. The van der Waals surface area contributed by atoms with Crippen LogP contribution in [0.1, 0.15) is 46.6 Å². The van der Waals surface area contributed by atoms with Crippen LogP contribution in [0.4, 0.5) is 0 Å². The van der Waals surface area contributed by atoms with E-state index in [0.717, 1.165) is 6.42 Å². The fourth-order valence-corrected chi connectivity index (χ4v) is 2.90. The Morgan fingerprint density at radius 3 is 2.05 bits per heavy atom. The summed E-state index contributed by atoms with van der Waals surface area (Å²) in [6, 6.07) is 7.95. The summed E-state index contributed by atoms with van der Waals surface area (Å²) in [6.07, 6.45) is 1.09. The number of benzene rings is 1. The van der Waals surface area contributed by atoms with E-state index in [4.69, 9.17) is 4.74 Å². The number of hydrogen-bond acceptors (Lipinski definition) is 4. The van der Waals surface area contributed by atoms with Gasteiger partial charge in [0.15, 0.2) is 0 Å². The van der Waals surface area contributed by atoms with Gasteiger partial charge in [-0.25, -0.2) is 4.21 Å². The zero-order chi connectivity index (χ0) is 16.1. The van der Waals surface area contributed by atoms with Crippen LogP contribution in [0.2, 0.25) is 0 Å². The monoisotopic (exact) mass is 336 g/mol. The van der Waals surface area contributed by atoms with Crippen molar-refractivity contribution in [3.63, 3.8) is 0 Å². The van der Waals surface area contributed by atoms with Crippen LogP contribution in [0.3, 0.4) is 0 Å². The fourth-order valence-electron chi connectivity index (χ4n) is 2.69. The topological polar surface area (TPSA) is 58.6 Å². The molecule has 0 aromatic heterocycles. The number of hydrogen-bond donors (Lipinski definition) is 0. The normalized spacial score (nSPS) is 13.4. The Morgan fingerprint density at radius 2 is 1.59 bits per heavy atom. The molecule has 0 fully saturated rings. The van der Waals surface area contributed by atoms with Crippen molar-refractivity contribution in [3.8, 4) is 5.75 Å². The SMILES string of the molecule is CC(C)(C)CC(C)(C)c1ccc(OCCOS(=O)[O-])cc1.[Na+]. The van der Waals surface area contributed by atoms with Crippen LogP contribution in [-0.2, 0) is 21.0 Å². The molecule has 0 N–H and O–H groups in total. The van der Waals surface area contributed by atoms with Gasteiger partial charge in [0, 0.05) is 0 Å². The van der Waals surface area contributed by atoms with E-state index in [9.17, 15) is 8.76 Å². The van der Waals surface area contributed by atoms with E-state index < -0.39 is 11.4 Å². The first-order valence-electron chi connectivity index (χ1n) is 7.06. The van der Waals surface area contributed by atoms with Gasteiger partial charge >= 0.3 is 29.6 Å². The molecular weight excluding hydrogens is 311 g/mol. The minimum absolute atomic E-state index is 0. The standard InChI is InChI=1S/C16H26O4S.Na/c1-15(2,3)12-16(4,5)13-6-8-14(9-7-13)19-10-11-20-21(17)18;/h6-9H,10-12H2,1-5H3,(H,17,18);/q;+1/p-1. The van der Waals surface area contributed by atoms with Gasteiger partial charge in [0.1, 0.15) is 12.4 Å². The molecule has 22 heavy (non-hydrogen) atoms. The molecule has 1 atom stereocenters. The van der Waals surface area contributed by atoms with Crippen LogP contribution >= 0.6 is 0 Å². The average Bonchev–Trinajstić information content (AvgIpc) is 2.32. The molecule has 1 unspecified atom stereocenters. The second-order valence-electron chi connectivity index (χ2n) is 7.02. The molecule has 0 saturated carbocycles.